The Labute approximate surface area is 237 Å². The second-order valence-electron chi connectivity index (χ2n) is 16.5. The van der Waals surface area contributed by atoms with Gasteiger partial charge in [0.1, 0.15) is 0 Å². The first kappa shape index (κ1) is 29.1. The van der Waals surface area contributed by atoms with Crippen LogP contribution in [0.2, 0.25) is 0 Å². The van der Waals surface area contributed by atoms with Gasteiger partial charge in [0.15, 0.2) is 5.78 Å². The van der Waals surface area contributed by atoms with Crippen molar-refractivity contribution in [3.63, 3.8) is 0 Å². The summed E-state index contributed by atoms with van der Waals surface area (Å²) < 4.78 is 6.48. The molecule has 4 nitrogen and oxygen atoms in total. The van der Waals surface area contributed by atoms with Crippen LogP contribution in [0.3, 0.4) is 0 Å². The maximum atomic E-state index is 14.5. The van der Waals surface area contributed by atoms with E-state index < -0.39 is 11.4 Å². The molecule has 5 aliphatic carbocycles. The smallest absolute Gasteiger partial charge is 0.309 e. The van der Waals surface area contributed by atoms with Crippen molar-refractivity contribution in [1.29, 1.82) is 0 Å². The SMILES string of the molecule is CC(C)=CCO[C@H]1CC[C@]2(C)[C@H]3C(=O)C=C4[C@@H]5C[C@@](C)(C(=O)O)CC[C@]5(C)CC[C@@]4(C)[C@]3(C)CC[C@H]2C1(C)C. The van der Waals surface area contributed by atoms with Crippen LogP contribution in [0.5, 0.6) is 0 Å². The number of carbonyl (C=O) groups is 2. The molecule has 4 heteroatoms. The average molecular weight is 539 g/mol. The van der Waals surface area contributed by atoms with E-state index in [1.54, 1.807) is 0 Å². The van der Waals surface area contributed by atoms with Crippen LogP contribution in [-0.4, -0.2) is 29.6 Å². The van der Waals surface area contributed by atoms with Crippen molar-refractivity contribution in [3.8, 4) is 0 Å². The number of allylic oxidation sites excluding steroid dienone is 3. The molecule has 0 aromatic heterocycles. The van der Waals surface area contributed by atoms with Crippen LogP contribution < -0.4 is 0 Å². The Balaban J connectivity index is 1.52. The summed E-state index contributed by atoms with van der Waals surface area (Å²) in [4.78, 5) is 26.8. The van der Waals surface area contributed by atoms with Crippen LogP contribution in [0.25, 0.3) is 0 Å². The van der Waals surface area contributed by atoms with Gasteiger partial charge < -0.3 is 9.84 Å². The van der Waals surface area contributed by atoms with Crippen LogP contribution in [0.4, 0.5) is 0 Å². The molecule has 4 saturated carbocycles. The third-order valence-electron chi connectivity index (χ3n) is 13.8. The first-order valence-corrected chi connectivity index (χ1v) is 15.7. The fourth-order valence-electron chi connectivity index (χ4n) is 11.0. The molecule has 0 unspecified atom stereocenters. The van der Waals surface area contributed by atoms with E-state index in [0.717, 1.165) is 51.4 Å². The highest BCUT2D eigenvalue weighted by Crippen LogP contribution is 2.75. The highest BCUT2D eigenvalue weighted by Gasteiger charge is 2.70. The van der Waals surface area contributed by atoms with Gasteiger partial charge in [-0.3, -0.25) is 9.59 Å². The minimum Gasteiger partial charge on any atom is -0.481 e. The Morgan fingerprint density at radius 1 is 0.974 bits per heavy atom. The zero-order chi connectivity index (χ0) is 28.8. The number of hydrogen-bond donors (Lipinski definition) is 1. The first-order chi connectivity index (χ1) is 17.9. The molecule has 0 saturated heterocycles. The second kappa shape index (κ2) is 9.04. The Hall–Kier alpha value is -1.42. The predicted molar refractivity (Wildman–Crippen MR) is 156 cm³/mol. The molecule has 5 rings (SSSR count). The largest absolute Gasteiger partial charge is 0.481 e. The van der Waals surface area contributed by atoms with E-state index in [1.165, 1.54) is 11.1 Å². The lowest BCUT2D eigenvalue weighted by Gasteiger charge is -2.70. The van der Waals surface area contributed by atoms with Crippen LogP contribution in [0.15, 0.2) is 23.3 Å². The van der Waals surface area contributed by atoms with Crippen molar-refractivity contribution in [2.45, 2.75) is 126 Å². The number of ketones is 1. The Morgan fingerprint density at radius 2 is 1.64 bits per heavy atom. The fraction of sp³-hybridized carbons (Fsp3) is 0.829. The molecule has 0 spiro atoms. The van der Waals surface area contributed by atoms with Crippen molar-refractivity contribution in [1.82, 2.24) is 0 Å². The maximum Gasteiger partial charge on any atom is 0.309 e. The normalized spacial score (nSPS) is 48.5. The summed E-state index contributed by atoms with van der Waals surface area (Å²) in [5.41, 5.74) is 1.74. The lowest BCUT2D eigenvalue weighted by molar-refractivity contribution is -0.208. The lowest BCUT2D eigenvalue weighted by atomic mass is 9.33. The minimum atomic E-state index is -0.707. The van der Waals surface area contributed by atoms with Crippen molar-refractivity contribution in [2.75, 3.05) is 6.61 Å². The lowest BCUT2D eigenvalue weighted by Crippen LogP contribution is -2.66. The number of hydrogen-bond acceptors (Lipinski definition) is 3. The molecule has 0 heterocycles. The zero-order valence-electron chi connectivity index (χ0n) is 26.2. The van der Waals surface area contributed by atoms with Crippen molar-refractivity contribution in [3.05, 3.63) is 23.3 Å². The quantitative estimate of drug-likeness (QED) is 0.365. The summed E-state index contributed by atoms with van der Waals surface area (Å²) in [6.07, 6.45) is 13.2. The van der Waals surface area contributed by atoms with E-state index in [0.29, 0.717) is 24.7 Å². The molecule has 1 N–H and O–H groups in total. The van der Waals surface area contributed by atoms with E-state index in [4.69, 9.17) is 4.74 Å². The molecule has 5 aliphatic rings. The monoisotopic (exact) mass is 538 g/mol. The number of ether oxygens (including phenoxy) is 1. The van der Waals surface area contributed by atoms with Gasteiger partial charge in [-0.2, -0.15) is 0 Å². The summed E-state index contributed by atoms with van der Waals surface area (Å²) in [5, 5.41) is 10.1. The molecule has 0 radical (unpaired) electrons. The van der Waals surface area contributed by atoms with E-state index in [2.05, 4.69) is 67.5 Å². The molecule has 4 fully saturated rings. The summed E-state index contributed by atoms with van der Waals surface area (Å²) >= 11 is 0. The average Bonchev–Trinajstić information content (AvgIpc) is 2.82. The van der Waals surface area contributed by atoms with Gasteiger partial charge in [0.2, 0.25) is 0 Å². The Morgan fingerprint density at radius 3 is 2.28 bits per heavy atom. The van der Waals surface area contributed by atoms with Gasteiger partial charge in [0.25, 0.3) is 0 Å². The van der Waals surface area contributed by atoms with Crippen LogP contribution in [0.1, 0.15) is 120 Å². The molecule has 218 valence electrons. The third-order valence-corrected chi connectivity index (χ3v) is 13.8. The van der Waals surface area contributed by atoms with Gasteiger partial charge in [-0.1, -0.05) is 58.8 Å². The standard InChI is InChI=1S/C35H54O4/c1-22(2)12-19-39-27-11-13-33(7)26(30(27,3)4)10-14-35(9)28(33)25(36)20-23-24-21-32(6,29(37)38)16-15-31(24,5)17-18-34(23,35)8/h12,20,24,26-28H,10-11,13-19,21H2,1-9H3,(H,37,38)/t24-,26-,27-,28+,31+,32-,33-,34+,35+/m0/s1. The van der Waals surface area contributed by atoms with Crippen LogP contribution >= 0.6 is 0 Å². The third kappa shape index (κ3) is 4.00. The van der Waals surface area contributed by atoms with E-state index in [1.807, 2.05) is 6.92 Å². The van der Waals surface area contributed by atoms with Gasteiger partial charge in [0.05, 0.1) is 18.1 Å². The molecule has 0 amide bonds. The van der Waals surface area contributed by atoms with E-state index in [9.17, 15) is 14.7 Å². The summed E-state index contributed by atoms with van der Waals surface area (Å²) in [5.74, 6) is 0.268. The van der Waals surface area contributed by atoms with Gasteiger partial charge in [-0.05, 0) is 124 Å². The van der Waals surface area contributed by atoms with Crippen molar-refractivity contribution in [2.24, 2.45) is 50.2 Å². The number of carbonyl (C=O) groups excluding carboxylic acids is 1. The van der Waals surface area contributed by atoms with Gasteiger partial charge >= 0.3 is 5.97 Å². The van der Waals surface area contributed by atoms with Crippen LogP contribution in [0, 0.1) is 50.2 Å². The molecule has 0 aromatic carbocycles. The fourth-order valence-corrected chi connectivity index (χ4v) is 11.0. The number of rotatable bonds is 4. The predicted octanol–water partition coefficient (Wildman–Crippen LogP) is 8.40. The second-order valence-corrected chi connectivity index (χ2v) is 16.5. The topological polar surface area (TPSA) is 63.6 Å². The molecule has 0 aliphatic heterocycles. The summed E-state index contributed by atoms with van der Waals surface area (Å²) in [6.45, 7) is 21.3. The number of fused-ring (bicyclic) bond motifs is 7. The maximum absolute atomic E-state index is 14.5. The van der Waals surface area contributed by atoms with Crippen molar-refractivity contribution >= 4 is 11.8 Å². The highest BCUT2D eigenvalue weighted by molar-refractivity contribution is 5.95. The number of carboxylic acid groups (broad SMARTS) is 1. The Bertz CT molecular complexity index is 1110. The van der Waals surface area contributed by atoms with E-state index >= 15 is 0 Å². The summed E-state index contributed by atoms with van der Waals surface area (Å²) in [6, 6.07) is 0. The number of aliphatic carboxylic acids is 1. The van der Waals surface area contributed by atoms with Gasteiger partial charge in [-0.15, -0.1) is 0 Å². The van der Waals surface area contributed by atoms with Gasteiger partial charge in [-0.25, -0.2) is 0 Å². The molecule has 39 heavy (non-hydrogen) atoms. The van der Waals surface area contributed by atoms with Gasteiger partial charge in [0, 0.05) is 5.92 Å². The van der Waals surface area contributed by atoms with Crippen molar-refractivity contribution < 1.29 is 19.4 Å². The van der Waals surface area contributed by atoms with Crippen LogP contribution in [-0.2, 0) is 14.3 Å². The molecule has 9 atom stereocenters. The minimum absolute atomic E-state index is 0.00675. The zero-order valence-corrected chi connectivity index (χ0v) is 26.2. The number of carboxylic acids is 1. The first-order valence-electron chi connectivity index (χ1n) is 15.7. The molecule has 0 aromatic rings. The highest BCUT2D eigenvalue weighted by atomic mass is 16.5. The molecule has 0 bridgehead atoms. The Kier molecular flexibility index (Phi) is 6.74. The molecular formula is C35H54O4. The van der Waals surface area contributed by atoms with E-state index in [-0.39, 0.29) is 45.0 Å². The summed E-state index contributed by atoms with van der Waals surface area (Å²) in [7, 11) is 0. The molecular weight excluding hydrogens is 484 g/mol.